The molecule has 0 saturated heterocycles. The summed E-state index contributed by atoms with van der Waals surface area (Å²) in [7, 11) is 1.55. The molecule has 2 N–H and O–H groups in total. The van der Waals surface area contributed by atoms with Crippen LogP contribution in [0.5, 0.6) is 11.5 Å². The maximum atomic E-state index is 11.9. The van der Waals surface area contributed by atoms with E-state index in [4.69, 9.17) is 14.2 Å². The van der Waals surface area contributed by atoms with Crippen LogP contribution >= 0.6 is 0 Å². The molecule has 0 atom stereocenters. The third kappa shape index (κ3) is 7.92. The Morgan fingerprint density at radius 3 is 1.90 bits per heavy atom. The van der Waals surface area contributed by atoms with Crippen LogP contribution in [0.1, 0.15) is 19.8 Å². The number of ether oxygens (including phenoxy) is 3. The molecule has 2 rings (SSSR count). The first-order chi connectivity index (χ1) is 14.0. The van der Waals surface area contributed by atoms with Crippen LogP contribution in [0.3, 0.4) is 0 Å². The average molecular weight is 400 g/mol. The van der Waals surface area contributed by atoms with Crippen molar-refractivity contribution < 1.29 is 28.6 Å². The van der Waals surface area contributed by atoms with Crippen molar-refractivity contribution in [3.63, 3.8) is 0 Å². The molecule has 0 spiro atoms. The lowest BCUT2D eigenvalue weighted by Gasteiger charge is -2.08. The summed E-state index contributed by atoms with van der Waals surface area (Å²) in [5, 5.41) is 5.28. The minimum absolute atomic E-state index is 0.0502. The summed E-state index contributed by atoms with van der Waals surface area (Å²) in [6.45, 7) is 2.01. The van der Waals surface area contributed by atoms with Crippen LogP contribution in [-0.4, -0.2) is 38.1 Å². The van der Waals surface area contributed by atoms with Gasteiger partial charge < -0.3 is 24.8 Å². The average Bonchev–Trinajstić information content (AvgIpc) is 2.73. The lowest BCUT2D eigenvalue weighted by atomic mass is 10.2. The van der Waals surface area contributed by atoms with Gasteiger partial charge in [0.15, 0.2) is 6.61 Å². The monoisotopic (exact) mass is 400 g/mol. The van der Waals surface area contributed by atoms with E-state index in [-0.39, 0.29) is 18.7 Å². The number of carbonyl (C=O) groups is 3. The number of carbonyl (C=O) groups excluding carboxylic acids is 3. The Balaban J connectivity index is 1.66. The number of anilines is 2. The molecule has 0 heterocycles. The fourth-order valence-corrected chi connectivity index (χ4v) is 2.33. The summed E-state index contributed by atoms with van der Waals surface area (Å²) < 4.78 is 15.3. The Morgan fingerprint density at radius 2 is 1.34 bits per heavy atom. The van der Waals surface area contributed by atoms with Crippen molar-refractivity contribution in [2.24, 2.45) is 0 Å². The van der Waals surface area contributed by atoms with Crippen molar-refractivity contribution in [3.8, 4) is 11.5 Å². The molecule has 2 aromatic carbocycles. The van der Waals surface area contributed by atoms with Gasteiger partial charge in [-0.3, -0.25) is 14.4 Å². The topological polar surface area (TPSA) is 103 Å². The molecular weight excluding hydrogens is 376 g/mol. The van der Waals surface area contributed by atoms with Crippen molar-refractivity contribution in [3.05, 3.63) is 48.5 Å². The molecular formula is C21H24N2O6. The van der Waals surface area contributed by atoms with Crippen molar-refractivity contribution in [2.75, 3.05) is 31.0 Å². The van der Waals surface area contributed by atoms with Crippen LogP contribution in [0.15, 0.2) is 48.5 Å². The molecule has 154 valence electrons. The van der Waals surface area contributed by atoms with Crippen LogP contribution in [0.25, 0.3) is 0 Å². The molecule has 8 nitrogen and oxygen atoms in total. The van der Waals surface area contributed by atoms with Gasteiger partial charge in [0, 0.05) is 17.8 Å². The predicted octanol–water partition coefficient (Wildman–Crippen LogP) is 2.99. The van der Waals surface area contributed by atoms with Crippen molar-refractivity contribution in [1.29, 1.82) is 0 Å². The number of rotatable bonds is 10. The molecule has 0 unspecified atom stereocenters. The Bertz CT molecular complexity index is 818. The molecule has 0 aromatic heterocycles. The van der Waals surface area contributed by atoms with Gasteiger partial charge in [-0.2, -0.15) is 0 Å². The lowest BCUT2D eigenvalue weighted by molar-refractivity contribution is -0.147. The summed E-state index contributed by atoms with van der Waals surface area (Å²) in [5.74, 6) is -0.0483. The van der Waals surface area contributed by atoms with Gasteiger partial charge in [0.25, 0.3) is 5.91 Å². The molecule has 29 heavy (non-hydrogen) atoms. The molecule has 0 radical (unpaired) electrons. The number of methoxy groups -OCH3 is 1. The van der Waals surface area contributed by atoms with E-state index in [2.05, 4.69) is 10.6 Å². The van der Waals surface area contributed by atoms with Crippen LogP contribution in [0.4, 0.5) is 11.4 Å². The van der Waals surface area contributed by atoms with E-state index in [9.17, 15) is 14.4 Å². The molecule has 0 aliphatic heterocycles. The predicted molar refractivity (Wildman–Crippen MR) is 108 cm³/mol. The molecule has 2 amide bonds. The number of esters is 1. The maximum absolute atomic E-state index is 11.9. The molecule has 0 aliphatic carbocycles. The highest BCUT2D eigenvalue weighted by molar-refractivity contribution is 5.94. The highest BCUT2D eigenvalue weighted by Gasteiger charge is 2.11. The van der Waals surface area contributed by atoms with E-state index >= 15 is 0 Å². The standard InChI is InChI=1S/C21H24N2O6/c1-3-28-18-10-6-16(7-11-18)23-20(25)14-29-21(26)13-12-19(24)22-15-4-8-17(27-2)9-5-15/h4-11H,3,12-14H2,1-2H3,(H,22,24)(H,23,25). The number of hydrogen-bond donors (Lipinski definition) is 2. The zero-order valence-electron chi connectivity index (χ0n) is 16.4. The Hall–Kier alpha value is -3.55. The summed E-state index contributed by atoms with van der Waals surface area (Å²) in [5.41, 5.74) is 1.16. The van der Waals surface area contributed by atoms with Crippen LogP contribution in [-0.2, 0) is 19.1 Å². The van der Waals surface area contributed by atoms with Gasteiger partial charge in [-0.05, 0) is 55.5 Å². The maximum Gasteiger partial charge on any atom is 0.306 e. The molecule has 0 saturated carbocycles. The Labute approximate surface area is 169 Å². The second kappa shape index (κ2) is 11.3. The molecule has 2 aromatic rings. The number of nitrogens with one attached hydrogen (secondary N) is 2. The first-order valence-corrected chi connectivity index (χ1v) is 9.12. The number of amides is 2. The largest absolute Gasteiger partial charge is 0.497 e. The van der Waals surface area contributed by atoms with Crippen molar-refractivity contribution >= 4 is 29.2 Å². The van der Waals surface area contributed by atoms with E-state index in [0.717, 1.165) is 0 Å². The van der Waals surface area contributed by atoms with Gasteiger partial charge in [0.05, 0.1) is 20.1 Å². The van der Waals surface area contributed by atoms with E-state index in [0.29, 0.717) is 29.5 Å². The van der Waals surface area contributed by atoms with Gasteiger partial charge in [0.1, 0.15) is 11.5 Å². The first kappa shape index (κ1) is 21.7. The van der Waals surface area contributed by atoms with Gasteiger partial charge >= 0.3 is 5.97 Å². The molecule has 0 aliphatic rings. The summed E-state index contributed by atoms with van der Waals surface area (Å²) in [6, 6.07) is 13.7. The minimum atomic E-state index is -0.628. The Morgan fingerprint density at radius 1 is 0.793 bits per heavy atom. The fourth-order valence-electron chi connectivity index (χ4n) is 2.33. The third-order valence-electron chi connectivity index (χ3n) is 3.74. The molecule has 0 fully saturated rings. The van der Waals surface area contributed by atoms with E-state index in [1.54, 1.807) is 55.6 Å². The second-order valence-electron chi connectivity index (χ2n) is 5.94. The highest BCUT2D eigenvalue weighted by Crippen LogP contribution is 2.16. The van der Waals surface area contributed by atoms with E-state index in [1.165, 1.54) is 0 Å². The van der Waals surface area contributed by atoms with Gasteiger partial charge in [-0.1, -0.05) is 0 Å². The molecule has 8 heteroatoms. The fraction of sp³-hybridized carbons (Fsp3) is 0.286. The zero-order chi connectivity index (χ0) is 21.1. The van der Waals surface area contributed by atoms with E-state index in [1.807, 2.05) is 6.92 Å². The SMILES string of the molecule is CCOc1ccc(NC(=O)COC(=O)CCC(=O)Nc2ccc(OC)cc2)cc1. The van der Waals surface area contributed by atoms with Crippen LogP contribution in [0.2, 0.25) is 0 Å². The summed E-state index contributed by atoms with van der Waals surface area (Å²) in [4.78, 5) is 35.5. The second-order valence-corrected chi connectivity index (χ2v) is 5.94. The highest BCUT2D eigenvalue weighted by atomic mass is 16.5. The summed E-state index contributed by atoms with van der Waals surface area (Å²) in [6.07, 6.45) is -0.177. The van der Waals surface area contributed by atoms with Gasteiger partial charge in [0.2, 0.25) is 5.91 Å². The third-order valence-corrected chi connectivity index (χ3v) is 3.74. The molecule has 0 bridgehead atoms. The number of hydrogen-bond acceptors (Lipinski definition) is 6. The van der Waals surface area contributed by atoms with Crippen molar-refractivity contribution in [1.82, 2.24) is 0 Å². The van der Waals surface area contributed by atoms with E-state index < -0.39 is 18.5 Å². The number of benzene rings is 2. The minimum Gasteiger partial charge on any atom is -0.497 e. The van der Waals surface area contributed by atoms with Crippen LogP contribution < -0.4 is 20.1 Å². The quantitative estimate of drug-likeness (QED) is 0.595. The zero-order valence-corrected chi connectivity index (χ0v) is 16.4. The lowest BCUT2D eigenvalue weighted by Crippen LogP contribution is -2.21. The smallest absolute Gasteiger partial charge is 0.306 e. The summed E-state index contributed by atoms with van der Waals surface area (Å²) >= 11 is 0. The van der Waals surface area contributed by atoms with Crippen LogP contribution in [0, 0.1) is 0 Å². The van der Waals surface area contributed by atoms with Gasteiger partial charge in [-0.15, -0.1) is 0 Å². The first-order valence-electron chi connectivity index (χ1n) is 9.12. The van der Waals surface area contributed by atoms with Gasteiger partial charge in [-0.25, -0.2) is 0 Å². The van der Waals surface area contributed by atoms with Crippen molar-refractivity contribution in [2.45, 2.75) is 19.8 Å². The Kier molecular flexibility index (Phi) is 8.50. The normalized spacial score (nSPS) is 10.0.